The zero-order valence-electron chi connectivity index (χ0n) is 26.0. The van der Waals surface area contributed by atoms with Gasteiger partial charge in [0, 0.05) is 31.0 Å². The highest BCUT2D eigenvalue weighted by Gasteiger charge is 2.53. The van der Waals surface area contributed by atoms with Crippen molar-refractivity contribution >= 4 is 45.8 Å². The number of fused-ring (bicyclic) bond motifs is 3. The van der Waals surface area contributed by atoms with Crippen LogP contribution in [0.4, 0.5) is 20.6 Å². The molecule has 9 nitrogen and oxygen atoms in total. The van der Waals surface area contributed by atoms with E-state index in [1.807, 2.05) is 36.4 Å². The van der Waals surface area contributed by atoms with Gasteiger partial charge in [0.25, 0.3) is 5.91 Å². The first-order chi connectivity index (χ1) is 22.8. The minimum Gasteiger partial charge on any atom is -0.381 e. The smallest absolute Gasteiger partial charge is 0.328 e. The van der Waals surface area contributed by atoms with Crippen LogP contribution in [0, 0.1) is 11.7 Å². The third kappa shape index (κ3) is 5.85. The zero-order valence-corrected chi connectivity index (χ0v) is 26.0. The van der Waals surface area contributed by atoms with E-state index in [1.54, 1.807) is 51.1 Å². The molecule has 4 amide bonds. The average Bonchev–Trinajstić information content (AvgIpc) is 3.08. The Morgan fingerprint density at radius 1 is 0.915 bits per heavy atom. The molecule has 2 saturated heterocycles. The van der Waals surface area contributed by atoms with Crippen LogP contribution in [0.1, 0.15) is 46.0 Å². The van der Waals surface area contributed by atoms with Gasteiger partial charge in [-0.2, -0.15) is 0 Å². The van der Waals surface area contributed by atoms with Gasteiger partial charge in [-0.3, -0.25) is 19.3 Å². The molecule has 3 aliphatic rings. The van der Waals surface area contributed by atoms with Crippen LogP contribution in [0.15, 0.2) is 84.9 Å². The van der Waals surface area contributed by atoms with E-state index < -0.39 is 18.2 Å². The fourth-order valence-electron chi connectivity index (χ4n) is 7.07. The van der Waals surface area contributed by atoms with E-state index in [9.17, 15) is 23.6 Å². The Kier molecular flexibility index (Phi) is 8.19. The van der Waals surface area contributed by atoms with Crippen molar-refractivity contribution in [2.24, 2.45) is 5.92 Å². The Hall–Kier alpha value is -5.09. The van der Waals surface area contributed by atoms with Crippen LogP contribution in [-0.4, -0.2) is 71.9 Å². The van der Waals surface area contributed by atoms with Crippen molar-refractivity contribution in [1.82, 2.24) is 9.80 Å². The third-order valence-corrected chi connectivity index (χ3v) is 9.49. The first-order valence-corrected chi connectivity index (χ1v) is 16.0. The largest absolute Gasteiger partial charge is 0.381 e. The predicted octanol–water partition coefficient (Wildman–Crippen LogP) is 5.88. The van der Waals surface area contributed by atoms with Crippen LogP contribution in [0.25, 0.3) is 10.8 Å². The van der Waals surface area contributed by atoms with Crippen LogP contribution < -0.4 is 10.2 Å². The van der Waals surface area contributed by atoms with Crippen molar-refractivity contribution in [3.63, 3.8) is 0 Å². The molecule has 4 aromatic carbocycles. The number of urea groups is 1. The number of amides is 4. The Morgan fingerprint density at radius 3 is 2.34 bits per heavy atom. The number of benzene rings is 4. The summed E-state index contributed by atoms with van der Waals surface area (Å²) in [5, 5.41) is 4.69. The summed E-state index contributed by atoms with van der Waals surface area (Å²) in [6.07, 6.45) is 0.819. The maximum Gasteiger partial charge on any atom is 0.328 e. The second kappa shape index (κ2) is 12.6. The lowest BCUT2D eigenvalue weighted by atomic mass is 9.85. The molecule has 3 heterocycles. The third-order valence-electron chi connectivity index (χ3n) is 9.49. The molecule has 0 saturated carbocycles. The van der Waals surface area contributed by atoms with Gasteiger partial charge in [0.15, 0.2) is 5.78 Å². The number of hydrogen-bond donors (Lipinski definition) is 1. The minimum absolute atomic E-state index is 0.0850. The molecule has 3 aliphatic heterocycles. The second-order valence-corrected chi connectivity index (χ2v) is 12.4. The summed E-state index contributed by atoms with van der Waals surface area (Å²) in [5.74, 6) is -1.06. The van der Waals surface area contributed by atoms with E-state index in [0.717, 1.165) is 16.3 Å². The molecule has 1 N–H and O–H groups in total. The van der Waals surface area contributed by atoms with Crippen LogP contribution in [0.5, 0.6) is 0 Å². The molecule has 0 aliphatic carbocycles. The molecular formula is C37H35FN4O5. The lowest BCUT2D eigenvalue weighted by Crippen LogP contribution is -2.72. The van der Waals surface area contributed by atoms with Crippen molar-refractivity contribution in [1.29, 1.82) is 0 Å². The maximum atomic E-state index is 14.5. The quantitative estimate of drug-likeness (QED) is 0.267. The van der Waals surface area contributed by atoms with E-state index >= 15 is 0 Å². The molecule has 47 heavy (non-hydrogen) atoms. The number of carbonyl (C=O) groups excluding carboxylic acids is 4. The van der Waals surface area contributed by atoms with Gasteiger partial charge in [0.1, 0.15) is 18.0 Å². The SMILES string of the molecule is CC(=O)c1ccc(NC(=O)N2c3cc4ccccc4cc3C(=O)N3[C@@H](C4CCOCC4)C(=O)N(CCc4cccc(F)c4)C[C@H]23)cc1. The van der Waals surface area contributed by atoms with Crippen LogP contribution in [0.3, 0.4) is 0 Å². The van der Waals surface area contributed by atoms with Crippen LogP contribution in [0.2, 0.25) is 0 Å². The number of ketones is 1. The Bertz CT molecular complexity index is 1870. The Morgan fingerprint density at radius 2 is 1.64 bits per heavy atom. The summed E-state index contributed by atoms with van der Waals surface area (Å²) in [6, 6.07) is 23.0. The highest BCUT2D eigenvalue weighted by atomic mass is 19.1. The summed E-state index contributed by atoms with van der Waals surface area (Å²) in [7, 11) is 0. The van der Waals surface area contributed by atoms with Crippen LogP contribution >= 0.6 is 0 Å². The number of nitrogens with zero attached hydrogens (tertiary/aromatic N) is 3. The maximum absolute atomic E-state index is 14.5. The summed E-state index contributed by atoms with van der Waals surface area (Å²) in [5.41, 5.74) is 2.57. The van der Waals surface area contributed by atoms with Crippen molar-refractivity contribution in [3.05, 3.63) is 107 Å². The molecule has 7 rings (SSSR count). The first-order valence-electron chi connectivity index (χ1n) is 16.0. The number of nitrogens with one attached hydrogen (secondary N) is 1. The zero-order chi connectivity index (χ0) is 32.7. The molecule has 10 heteroatoms. The Balaban J connectivity index is 1.31. The average molecular weight is 635 g/mol. The number of Topliss-reactive ketones (excluding diaryl/α,β-unsaturated/α-hetero) is 1. The number of ether oxygens (including phenoxy) is 1. The molecule has 2 atom stereocenters. The topological polar surface area (TPSA) is 99.3 Å². The van der Waals surface area contributed by atoms with Crippen molar-refractivity contribution in [3.8, 4) is 0 Å². The molecule has 2 fully saturated rings. The molecular weight excluding hydrogens is 599 g/mol. The second-order valence-electron chi connectivity index (χ2n) is 12.4. The van der Waals surface area contributed by atoms with Gasteiger partial charge in [-0.15, -0.1) is 0 Å². The van der Waals surface area contributed by atoms with Crippen molar-refractivity contribution < 1.29 is 28.3 Å². The number of piperazine rings is 1. The van der Waals surface area contributed by atoms with Gasteiger partial charge in [-0.25, -0.2) is 9.18 Å². The monoisotopic (exact) mass is 634 g/mol. The van der Waals surface area contributed by atoms with Gasteiger partial charge in [0.05, 0.1) is 17.8 Å². The number of halogens is 1. The Labute approximate surface area is 271 Å². The summed E-state index contributed by atoms with van der Waals surface area (Å²) >= 11 is 0. The van der Waals surface area contributed by atoms with Gasteiger partial charge in [-0.1, -0.05) is 36.4 Å². The number of rotatable bonds is 6. The fraction of sp³-hybridized carbons (Fsp3) is 0.297. The molecule has 0 spiro atoms. The molecule has 0 unspecified atom stereocenters. The van der Waals surface area contributed by atoms with E-state index in [2.05, 4.69) is 5.32 Å². The number of anilines is 2. The molecule has 240 valence electrons. The summed E-state index contributed by atoms with van der Waals surface area (Å²) in [4.78, 5) is 60.1. The number of carbonyl (C=O) groups is 4. The van der Waals surface area contributed by atoms with Gasteiger partial charge in [0.2, 0.25) is 5.91 Å². The normalized spacial score (nSPS) is 19.8. The summed E-state index contributed by atoms with van der Waals surface area (Å²) in [6.45, 7) is 2.82. The standard InChI is InChI=1S/C37H35FN4O5/c1-23(43)25-9-11-30(12-10-25)39-37(46)41-32-21-28-7-3-2-6-27(28)20-31(32)35(44)42-33(41)22-40(16-13-24-5-4-8-29(38)19-24)36(45)34(42)26-14-17-47-18-15-26/h2-12,19-21,26,33-34H,13-18,22H2,1H3,(H,39,46)/t33-,34+/m1/s1. The van der Waals surface area contributed by atoms with Crippen molar-refractivity contribution in [2.45, 2.75) is 38.4 Å². The highest BCUT2D eigenvalue weighted by molar-refractivity contribution is 6.14. The van der Waals surface area contributed by atoms with Crippen molar-refractivity contribution in [2.75, 3.05) is 36.5 Å². The first kappa shape index (κ1) is 30.6. The predicted molar refractivity (Wildman–Crippen MR) is 176 cm³/mol. The molecule has 0 radical (unpaired) electrons. The number of hydrogen-bond acceptors (Lipinski definition) is 5. The van der Waals surface area contributed by atoms with Gasteiger partial charge < -0.3 is 19.9 Å². The van der Waals surface area contributed by atoms with E-state index in [4.69, 9.17) is 4.74 Å². The van der Waals surface area contributed by atoms with Gasteiger partial charge in [-0.05, 0) is 97.0 Å². The fourth-order valence-corrected chi connectivity index (χ4v) is 7.07. The minimum atomic E-state index is -0.803. The molecule has 0 aromatic heterocycles. The van der Waals surface area contributed by atoms with Gasteiger partial charge >= 0.3 is 6.03 Å². The van der Waals surface area contributed by atoms with E-state index in [-0.39, 0.29) is 35.9 Å². The lowest BCUT2D eigenvalue weighted by molar-refractivity contribution is -0.147. The van der Waals surface area contributed by atoms with Crippen LogP contribution in [-0.2, 0) is 16.0 Å². The molecule has 4 aromatic rings. The lowest BCUT2D eigenvalue weighted by Gasteiger charge is -2.54. The highest BCUT2D eigenvalue weighted by Crippen LogP contribution is 2.41. The van der Waals surface area contributed by atoms with E-state index in [0.29, 0.717) is 61.5 Å². The summed E-state index contributed by atoms with van der Waals surface area (Å²) < 4.78 is 19.6. The molecule has 0 bridgehead atoms. The van der Waals surface area contributed by atoms with E-state index in [1.165, 1.54) is 19.1 Å².